The first-order valence-electron chi connectivity index (χ1n) is 14.6. The van der Waals surface area contributed by atoms with Crippen molar-refractivity contribution >= 4 is 23.3 Å². The third kappa shape index (κ3) is 4.93. The molecule has 1 heterocycles. The van der Waals surface area contributed by atoms with Crippen LogP contribution in [0.1, 0.15) is 72.9 Å². The Morgan fingerprint density at radius 1 is 1.18 bits per heavy atom. The van der Waals surface area contributed by atoms with Gasteiger partial charge in [0.05, 0.1) is 35.1 Å². The quantitative estimate of drug-likeness (QED) is 0.450. The van der Waals surface area contributed by atoms with Gasteiger partial charge >= 0.3 is 5.97 Å². The Morgan fingerprint density at radius 2 is 2.03 bits per heavy atom. The molecule has 2 aromatic rings. The van der Waals surface area contributed by atoms with Crippen LogP contribution in [0.3, 0.4) is 0 Å². The van der Waals surface area contributed by atoms with Crippen LogP contribution < -0.4 is 9.64 Å². The number of benzene rings is 2. The standard InChI is InChI=1S/C32H40ClNO5/c1-38-30(21-7-4-9-23(35)16-21)24-12-11-22(24)17-34-18-32(15-5-8-20-6-2-3-10-26(20)32)19-39-27-14-13-25(31(36)37)28(33)29(27)34/h2-3,6,10,13-14,21-24,30,35H,4-5,7-9,11-12,15-19H2,1H3,(H,36,37)/t21-,22-,23-,24+,30+,32?/m0/s1. The molecule has 210 valence electrons. The number of fused-ring (bicyclic) bond motifs is 3. The summed E-state index contributed by atoms with van der Waals surface area (Å²) in [6, 6.07) is 12.1. The molecule has 0 radical (unpaired) electrons. The molecule has 6 rings (SSSR count). The average Bonchev–Trinajstić information content (AvgIpc) is 3.07. The van der Waals surface area contributed by atoms with E-state index in [1.165, 1.54) is 11.1 Å². The summed E-state index contributed by atoms with van der Waals surface area (Å²) in [5.41, 5.74) is 3.37. The van der Waals surface area contributed by atoms with Crippen molar-refractivity contribution < 1.29 is 24.5 Å². The lowest BCUT2D eigenvalue weighted by Crippen LogP contribution is -2.51. The molecule has 39 heavy (non-hydrogen) atoms. The van der Waals surface area contributed by atoms with E-state index in [1.807, 2.05) is 7.11 Å². The van der Waals surface area contributed by atoms with Gasteiger partial charge in [-0.15, -0.1) is 0 Å². The lowest BCUT2D eigenvalue weighted by atomic mass is 9.65. The number of methoxy groups -OCH3 is 1. The number of aromatic carboxylic acids is 1. The highest BCUT2D eigenvalue weighted by molar-refractivity contribution is 6.36. The van der Waals surface area contributed by atoms with Crippen molar-refractivity contribution in [3.63, 3.8) is 0 Å². The molecule has 2 fully saturated rings. The van der Waals surface area contributed by atoms with E-state index in [-0.39, 0.29) is 28.2 Å². The predicted molar refractivity (Wildman–Crippen MR) is 152 cm³/mol. The molecule has 2 aromatic carbocycles. The van der Waals surface area contributed by atoms with Gasteiger partial charge in [0.1, 0.15) is 5.75 Å². The number of aliphatic hydroxyl groups is 1. The smallest absolute Gasteiger partial charge is 0.337 e. The Hall–Kier alpha value is -2.28. The number of halogens is 1. The molecule has 0 aromatic heterocycles. The molecule has 1 aliphatic heterocycles. The van der Waals surface area contributed by atoms with Gasteiger partial charge in [0.15, 0.2) is 0 Å². The van der Waals surface area contributed by atoms with Crippen molar-refractivity contribution in [1.29, 1.82) is 0 Å². The summed E-state index contributed by atoms with van der Waals surface area (Å²) in [7, 11) is 1.82. The van der Waals surface area contributed by atoms with E-state index < -0.39 is 5.97 Å². The second kappa shape index (κ2) is 10.9. The number of carboxylic acid groups (broad SMARTS) is 1. The maximum atomic E-state index is 12.0. The summed E-state index contributed by atoms with van der Waals surface area (Å²) in [5.74, 6) is 0.834. The van der Waals surface area contributed by atoms with Crippen LogP contribution in [-0.2, 0) is 16.6 Å². The summed E-state index contributed by atoms with van der Waals surface area (Å²) in [6.45, 7) is 2.07. The number of rotatable bonds is 6. The fourth-order valence-electron chi connectivity index (χ4n) is 8.06. The summed E-state index contributed by atoms with van der Waals surface area (Å²) in [5, 5.41) is 20.5. The molecular weight excluding hydrogens is 514 g/mol. The third-order valence-corrected chi connectivity index (χ3v) is 10.5. The summed E-state index contributed by atoms with van der Waals surface area (Å²) in [4.78, 5) is 14.4. The number of carboxylic acids is 1. The lowest BCUT2D eigenvalue weighted by molar-refractivity contribution is -0.0721. The van der Waals surface area contributed by atoms with Gasteiger partial charge in [0.2, 0.25) is 0 Å². The van der Waals surface area contributed by atoms with Crippen LogP contribution in [0.25, 0.3) is 0 Å². The van der Waals surface area contributed by atoms with Gasteiger partial charge in [-0.25, -0.2) is 4.79 Å². The fraction of sp³-hybridized carbons (Fsp3) is 0.594. The Kier molecular flexibility index (Phi) is 7.55. The zero-order valence-electron chi connectivity index (χ0n) is 22.8. The van der Waals surface area contributed by atoms with Crippen molar-refractivity contribution in [3.05, 3.63) is 58.1 Å². The monoisotopic (exact) mass is 553 g/mol. The Bertz CT molecular complexity index is 1220. The zero-order chi connectivity index (χ0) is 27.1. The topological polar surface area (TPSA) is 79.2 Å². The summed E-state index contributed by atoms with van der Waals surface area (Å²) < 4.78 is 12.6. The van der Waals surface area contributed by atoms with Crippen molar-refractivity contribution in [2.24, 2.45) is 17.8 Å². The Balaban J connectivity index is 1.35. The van der Waals surface area contributed by atoms with E-state index in [2.05, 4.69) is 29.2 Å². The van der Waals surface area contributed by atoms with Crippen LogP contribution >= 0.6 is 11.6 Å². The van der Waals surface area contributed by atoms with Crippen LogP contribution in [0.2, 0.25) is 5.02 Å². The Morgan fingerprint density at radius 3 is 2.77 bits per heavy atom. The Labute approximate surface area is 236 Å². The first-order valence-corrected chi connectivity index (χ1v) is 15.0. The first kappa shape index (κ1) is 26.9. The number of hydrogen-bond acceptors (Lipinski definition) is 5. The van der Waals surface area contributed by atoms with Gasteiger partial charge in [-0.3, -0.25) is 0 Å². The SMILES string of the molecule is CO[C@H]([C@H]1CCC[C@H](O)C1)[C@@H]1CC[C@H]1CN1CC2(CCCc3ccccc32)COc2ccc(C(=O)O)c(Cl)c21. The maximum Gasteiger partial charge on any atom is 0.337 e. The number of aliphatic hydroxyl groups excluding tert-OH is 1. The molecule has 1 spiro atoms. The number of carbonyl (C=O) groups is 1. The highest BCUT2D eigenvalue weighted by Crippen LogP contribution is 2.50. The van der Waals surface area contributed by atoms with E-state index >= 15 is 0 Å². The molecule has 3 aliphatic carbocycles. The normalized spacial score (nSPS) is 30.9. The van der Waals surface area contributed by atoms with Crippen molar-refractivity contribution in [2.45, 2.75) is 75.4 Å². The molecule has 0 bridgehead atoms. The molecule has 1 unspecified atom stereocenters. The van der Waals surface area contributed by atoms with Gasteiger partial charge in [-0.05, 0) is 92.4 Å². The predicted octanol–water partition coefficient (Wildman–Crippen LogP) is 6.10. The van der Waals surface area contributed by atoms with Crippen LogP contribution in [0, 0.1) is 17.8 Å². The molecule has 0 saturated heterocycles. The summed E-state index contributed by atoms with van der Waals surface area (Å²) >= 11 is 6.87. The number of nitrogens with zero attached hydrogens (tertiary/aromatic N) is 1. The number of anilines is 1. The molecular formula is C32H40ClNO5. The van der Waals surface area contributed by atoms with Gasteiger partial charge in [-0.1, -0.05) is 42.3 Å². The molecule has 2 N–H and O–H groups in total. The van der Waals surface area contributed by atoms with E-state index in [4.69, 9.17) is 21.1 Å². The van der Waals surface area contributed by atoms with Crippen molar-refractivity contribution in [1.82, 2.24) is 0 Å². The minimum Gasteiger partial charge on any atom is -0.490 e. The summed E-state index contributed by atoms with van der Waals surface area (Å²) in [6.07, 6.45) is 9.17. The van der Waals surface area contributed by atoms with Crippen molar-refractivity contribution in [2.75, 3.05) is 31.7 Å². The van der Waals surface area contributed by atoms with Gasteiger partial charge in [0, 0.05) is 25.6 Å². The fourth-order valence-corrected chi connectivity index (χ4v) is 8.42. The van der Waals surface area contributed by atoms with Crippen LogP contribution in [0.4, 0.5) is 5.69 Å². The molecule has 6 nitrogen and oxygen atoms in total. The third-order valence-electron chi connectivity index (χ3n) is 10.1. The molecule has 7 heteroatoms. The van der Waals surface area contributed by atoms with E-state index in [0.29, 0.717) is 35.8 Å². The molecule has 4 aliphatic rings. The lowest BCUT2D eigenvalue weighted by Gasteiger charge is -2.48. The van der Waals surface area contributed by atoms with Gasteiger partial charge in [0.25, 0.3) is 0 Å². The van der Waals surface area contributed by atoms with Crippen LogP contribution in [-0.4, -0.2) is 55.2 Å². The molecule has 2 saturated carbocycles. The van der Waals surface area contributed by atoms with Crippen molar-refractivity contribution in [3.8, 4) is 5.75 Å². The second-order valence-corrected chi connectivity index (χ2v) is 12.7. The number of ether oxygens (including phenoxy) is 2. The average molecular weight is 554 g/mol. The van der Waals surface area contributed by atoms with Crippen LogP contribution in [0.5, 0.6) is 5.75 Å². The first-order chi connectivity index (χ1) is 18.9. The van der Waals surface area contributed by atoms with Crippen LogP contribution in [0.15, 0.2) is 36.4 Å². The minimum atomic E-state index is -1.03. The number of aryl methyl sites for hydroxylation is 1. The largest absolute Gasteiger partial charge is 0.490 e. The highest BCUT2D eigenvalue weighted by Gasteiger charge is 2.46. The van der Waals surface area contributed by atoms with Gasteiger partial charge in [-0.2, -0.15) is 0 Å². The molecule has 6 atom stereocenters. The molecule has 0 amide bonds. The van der Waals surface area contributed by atoms with E-state index in [1.54, 1.807) is 12.1 Å². The highest BCUT2D eigenvalue weighted by atomic mass is 35.5. The number of hydrogen-bond donors (Lipinski definition) is 2. The van der Waals surface area contributed by atoms with E-state index in [0.717, 1.165) is 70.9 Å². The van der Waals surface area contributed by atoms with Gasteiger partial charge < -0.3 is 24.6 Å². The zero-order valence-corrected chi connectivity index (χ0v) is 23.5. The second-order valence-electron chi connectivity index (χ2n) is 12.3. The van der Waals surface area contributed by atoms with E-state index in [9.17, 15) is 15.0 Å². The minimum absolute atomic E-state index is 0.111. The maximum absolute atomic E-state index is 12.0.